The van der Waals surface area contributed by atoms with Gasteiger partial charge in [-0.15, -0.1) is 11.6 Å². The van der Waals surface area contributed by atoms with Crippen molar-refractivity contribution in [1.82, 2.24) is 9.29 Å². The molecule has 0 N–H and O–H groups in total. The molecule has 1 aromatic heterocycles. The SMILES string of the molecule is CCCN(CC1CC1)S(=O)(=O)c1ccc(CCl)cn1. The van der Waals surface area contributed by atoms with E-state index in [9.17, 15) is 8.42 Å². The lowest BCUT2D eigenvalue weighted by Crippen LogP contribution is -2.34. The van der Waals surface area contributed by atoms with Gasteiger partial charge in [-0.1, -0.05) is 13.0 Å². The summed E-state index contributed by atoms with van der Waals surface area (Å²) < 4.78 is 26.6. The summed E-state index contributed by atoms with van der Waals surface area (Å²) in [5.74, 6) is 0.872. The minimum absolute atomic E-state index is 0.121. The summed E-state index contributed by atoms with van der Waals surface area (Å²) in [5.41, 5.74) is 0.824. The second-order valence-corrected chi connectivity index (χ2v) is 7.10. The van der Waals surface area contributed by atoms with Crippen LogP contribution in [-0.2, 0) is 15.9 Å². The van der Waals surface area contributed by atoms with Gasteiger partial charge in [-0.3, -0.25) is 0 Å². The molecule has 0 saturated heterocycles. The fraction of sp³-hybridized carbons (Fsp3) is 0.615. The molecule has 2 rings (SSSR count). The fourth-order valence-corrected chi connectivity index (χ4v) is 3.60. The Morgan fingerprint density at radius 3 is 2.63 bits per heavy atom. The highest BCUT2D eigenvalue weighted by Crippen LogP contribution is 2.31. The predicted molar refractivity (Wildman–Crippen MR) is 75.6 cm³/mol. The number of sulfonamides is 1. The molecule has 0 aliphatic heterocycles. The van der Waals surface area contributed by atoms with Crippen LogP contribution in [0.15, 0.2) is 23.4 Å². The first-order valence-corrected chi connectivity index (χ1v) is 8.56. The number of halogens is 1. The molecule has 1 aliphatic carbocycles. The molecule has 19 heavy (non-hydrogen) atoms. The topological polar surface area (TPSA) is 50.3 Å². The molecule has 1 aromatic rings. The maximum Gasteiger partial charge on any atom is 0.260 e. The zero-order valence-corrected chi connectivity index (χ0v) is 12.6. The zero-order chi connectivity index (χ0) is 13.9. The molecular weight excluding hydrogens is 284 g/mol. The van der Waals surface area contributed by atoms with Crippen LogP contribution in [0.1, 0.15) is 31.7 Å². The van der Waals surface area contributed by atoms with E-state index >= 15 is 0 Å². The summed E-state index contributed by atoms with van der Waals surface area (Å²) in [7, 11) is -3.46. The van der Waals surface area contributed by atoms with Crippen molar-refractivity contribution in [2.24, 2.45) is 5.92 Å². The molecule has 0 amide bonds. The molecule has 0 spiro atoms. The van der Waals surface area contributed by atoms with E-state index in [0.29, 0.717) is 24.9 Å². The Kier molecular flexibility index (Phi) is 4.81. The van der Waals surface area contributed by atoms with Gasteiger partial charge in [0.2, 0.25) is 0 Å². The third-order valence-electron chi connectivity index (χ3n) is 3.19. The van der Waals surface area contributed by atoms with E-state index in [1.165, 1.54) is 6.20 Å². The summed E-state index contributed by atoms with van der Waals surface area (Å²) in [6.45, 7) is 3.16. The smallest absolute Gasteiger partial charge is 0.243 e. The Morgan fingerprint density at radius 1 is 1.42 bits per heavy atom. The second-order valence-electron chi connectivity index (χ2n) is 4.94. The zero-order valence-electron chi connectivity index (χ0n) is 11.0. The van der Waals surface area contributed by atoms with E-state index in [-0.39, 0.29) is 5.03 Å². The van der Waals surface area contributed by atoms with Crippen LogP contribution in [0.4, 0.5) is 0 Å². The van der Waals surface area contributed by atoms with Gasteiger partial charge in [0.1, 0.15) is 0 Å². The average molecular weight is 303 g/mol. The molecule has 106 valence electrons. The van der Waals surface area contributed by atoms with Gasteiger partial charge in [-0.2, -0.15) is 4.31 Å². The van der Waals surface area contributed by atoms with Crippen molar-refractivity contribution in [1.29, 1.82) is 0 Å². The van der Waals surface area contributed by atoms with Crippen LogP contribution in [0.2, 0.25) is 0 Å². The van der Waals surface area contributed by atoms with E-state index in [1.54, 1.807) is 16.4 Å². The highest BCUT2D eigenvalue weighted by molar-refractivity contribution is 7.89. The summed E-state index contributed by atoms with van der Waals surface area (Å²) in [6.07, 6.45) is 4.61. The largest absolute Gasteiger partial charge is 0.260 e. The first kappa shape index (κ1) is 14.8. The van der Waals surface area contributed by atoms with E-state index < -0.39 is 10.0 Å². The van der Waals surface area contributed by atoms with Crippen LogP contribution >= 0.6 is 11.6 Å². The van der Waals surface area contributed by atoms with Crippen molar-refractivity contribution in [3.05, 3.63) is 23.9 Å². The van der Waals surface area contributed by atoms with Crippen molar-refractivity contribution in [3.8, 4) is 0 Å². The number of hydrogen-bond acceptors (Lipinski definition) is 3. The minimum Gasteiger partial charge on any atom is -0.243 e. The fourth-order valence-electron chi connectivity index (χ4n) is 1.92. The highest BCUT2D eigenvalue weighted by atomic mass is 35.5. The Hall–Kier alpha value is -0.650. The molecule has 1 saturated carbocycles. The van der Waals surface area contributed by atoms with Crippen molar-refractivity contribution in [2.75, 3.05) is 13.1 Å². The summed E-state index contributed by atoms with van der Waals surface area (Å²) in [6, 6.07) is 3.26. The van der Waals surface area contributed by atoms with Gasteiger partial charge >= 0.3 is 0 Å². The number of rotatable bonds is 7. The van der Waals surface area contributed by atoms with Crippen LogP contribution < -0.4 is 0 Å². The van der Waals surface area contributed by atoms with Crippen molar-refractivity contribution in [2.45, 2.75) is 37.1 Å². The van der Waals surface area contributed by atoms with Gasteiger partial charge < -0.3 is 0 Å². The third-order valence-corrected chi connectivity index (χ3v) is 5.28. The molecule has 1 aliphatic rings. The van der Waals surface area contributed by atoms with Crippen molar-refractivity contribution in [3.63, 3.8) is 0 Å². The van der Waals surface area contributed by atoms with Crippen molar-refractivity contribution < 1.29 is 8.42 Å². The Morgan fingerprint density at radius 2 is 2.16 bits per heavy atom. The van der Waals surface area contributed by atoms with Gasteiger partial charge in [-0.25, -0.2) is 13.4 Å². The summed E-state index contributed by atoms with van der Waals surface area (Å²) in [5, 5.41) is 0.121. The molecule has 4 nitrogen and oxygen atoms in total. The van der Waals surface area contributed by atoms with E-state index in [1.807, 2.05) is 6.92 Å². The third kappa shape index (κ3) is 3.68. The standard InChI is InChI=1S/C13H19ClN2O2S/c1-2-7-16(10-11-3-4-11)19(17,18)13-6-5-12(8-14)9-15-13/h5-6,9,11H,2-4,7-8,10H2,1H3. The predicted octanol–water partition coefficient (Wildman–Crippen LogP) is 2.63. The molecule has 0 aromatic carbocycles. The number of alkyl halides is 1. The van der Waals surface area contributed by atoms with Gasteiger partial charge in [0.15, 0.2) is 5.03 Å². The van der Waals surface area contributed by atoms with E-state index in [2.05, 4.69) is 4.98 Å². The molecular formula is C13H19ClN2O2S. The van der Waals surface area contributed by atoms with Crippen LogP contribution in [0.3, 0.4) is 0 Å². The lowest BCUT2D eigenvalue weighted by Gasteiger charge is -2.20. The van der Waals surface area contributed by atoms with Crippen LogP contribution in [0.25, 0.3) is 0 Å². The van der Waals surface area contributed by atoms with Gasteiger partial charge in [0, 0.05) is 25.2 Å². The number of hydrogen-bond donors (Lipinski definition) is 0. The van der Waals surface area contributed by atoms with Crippen LogP contribution in [0.5, 0.6) is 0 Å². The van der Waals surface area contributed by atoms with Gasteiger partial charge in [0.05, 0.1) is 0 Å². The Labute approximate surface area is 119 Å². The van der Waals surface area contributed by atoms with E-state index in [0.717, 1.165) is 24.8 Å². The maximum absolute atomic E-state index is 12.5. The summed E-state index contributed by atoms with van der Waals surface area (Å²) >= 11 is 5.68. The molecule has 0 radical (unpaired) electrons. The Balaban J connectivity index is 2.20. The lowest BCUT2D eigenvalue weighted by atomic mass is 10.3. The molecule has 0 atom stereocenters. The van der Waals surface area contributed by atoms with E-state index in [4.69, 9.17) is 11.6 Å². The average Bonchev–Trinajstić information content (AvgIpc) is 3.22. The maximum atomic E-state index is 12.5. The number of pyridine rings is 1. The lowest BCUT2D eigenvalue weighted by molar-refractivity contribution is 0.394. The second kappa shape index (κ2) is 6.20. The molecule has 0 unspecified atom stereocenters. The van der Waals surface area contributed by atoms with Gasteiger partial charge in [-0.05, 0) is 36.8 Å². The number of aromatic nitrogens is 1. The molecule has 0 bridgehead atoms. The molecule has 1 heterocycles. The van der Waals surface area contributed by atoms with Gasteiger partial charge in [0.25, 0.3) is 10.0 Å². The van der Waals surface area contributed by atoms with Crippen LogP contribution in [-0.4, -0.2) is 30.8 Å². The first-order chi connectivity index (χ1) is 9.07. The Bertz CT molecular complexity index is 512. The highest BCUT2D eigenvalue weighted by Gasteiger charge is 2.31. The monoisotopic (exact) mass is 302 g/mol. The summed E-state index contributed by atoms with van der Waals surface area (Å²) in [4.78, 5) is 4.04. The van der Waals surface area contributed by atoms with Crippen LogP contribution in [0, 0.1) is 5.92 Å². The quantitative estimate of drug-likeness (QED) is 0.728. The normalized spacial score (nSPS) is 15.9. The number of nitrogens with zero attached hydrogens (tertiary/aromatic N) is 2. The molecule has 1 fully saturated rings. The van der Waals surface area contributed by atoms with Crippen molar-refractivity contribution >= 4 is 21.6 Å². The molecule has 6 heteroatoms. The minimum atomic E-state index is -3.46. The first-order valence-electron chi connectivity index (χ1n) is 6.59.